The average Bonchev–Trinajstić information content (AvgIpc) is 2.67. The van der Waals surface area contributed by atoms with Crippen LogP contribution in [0.4, 0.5) is 0 Å². The van der Waals surface area contributed by atoms with E-state index in [1.54, 1.807) is 0 Å². The normalized spacial score (nSPS) is 21.0. The monoisotopic (exact) mass is 398 g/mol. The van der Waals surface area contributed by atoms with Gasteiger partial charge in [0.2, 0.25) is 0 Å². The van der Waals surface area contributed by atoms with Crippen LogP contribution >= 0.6 is 15.9 Å². The molecule has 0 aliphatic carbocycles. The van der Waals surface area contributed by atoms with Crippen LogP contribution in [0.2, 0.25) is 0 Å². The number of likely N-dealkylation sites (tertiary alicyclic amines) is 1. The predicted octanol–water partition coefficient (Wildman–Crippen LogP) is 4.11. The van der Waals surface area contributed by atoms with Gasteiger partial charge in [0.15, 0.2) is 0 Å². The van der Waals surface area contributed by atoms with Gasteiger partial charge >= 0.3 is 0 Å². The van der Waals surface area contributed by atoms with E-state index >= 15 is 0 Å². The van der Waals surface area contributed by atoms with Crippen LogP contribution in [0.25, 0.3) is 0 Å². The third-order valence-electron chi connectivity index (χ3n) is 5.46. The van der Waals surface area contributed by atoms with Crippen molar-refractivity contribution in [2.45, 2.75) is 31.8 Å². The Bertz CT molecular complexity index is 776. The number of hydrogen-bond donors (Lipinski definition) is 0. The molecule has 0 spiro atoms. The molecule has 4 heteroatoms. The van der Waals surface area contributed by atoms with E-state index < -0.39 is 0 Å². The summed E-state index contributed by atoms with van der Waals surface area (Å²) in [6, 6.07) is 17.0. The molecule has 4 rings (SSSR count). The average molecular weight is 399 g/mol. The number of amides is 1. The molecule has 0 bridgehead atoms. The van der Waals surface area contributed by atoms with Crippen molar-refractivity contribution < 1.29 is 4.79 Å². The number of fused-ring (bicyclic) bond motifs is 1. The van der Waals surface area contributed by atoms with E-state index in [2.05, 4.69) is 45.1 Å². The summed E-state index contributed by atoms with van der Waals surface area (Å²) in [5.41, 5.74) is 3.70. The Morgan fingerprint density at radius 3 is 2.60 bits per heavy atom. The smallest absolute Gasteiger partial charge is 0.255 e. The molecule has 25 heavy (non-hydrogen) atoms. The first kappa shape index (κ1) is 16.8. The quantitative estimate of drug-likeness (QED) is 0.759. The summed E-state index contributed by atoms with van der Waals surface area (Å²) in [4.78, 5) is 17.5. The molecule has 0 aromatic heterocycles. The van der Waals surface area contributed by atoms with Gasteiger partial charge in [-0.15, -0.1) is 0 Å². The molecule has 2 aliphatic heterocycles. The fraction of sp³-hybridized carbons (Fsp3) is 0.381. The lowest BCUT2D eigenvalue weighted by Crippen LogP contribution is -2.51. The van der Waals surface area contributed by atoms with Crippen LogP contribution in [-0.2, 0) is 13.0 Å². The maximum Gasteiger partial charge on any atom is 0.255 e. The second kappa shape index (κ2) is 7.30. The highest BCUT2D eigenvalue weighted by Crippen LogP contribution is 2.26. The molecule has 0 saturated carbocycles. The lowest BCUT2D eigenvalue weighted by molar-refractivity contribution is 0.0548. The summed E-state index contributed by atoms with van der Waals surface area (Å²) in [5, 5.41) is 0. The number of hydrogen-bond acceptors (Lipinski definition) is 2. The highest BCUT2D eigenvalue weighted by molar-refractivity contribution is 9.10. The first-order chi connectivity index (χ1) is 12.2. The summed E-state index contributed by atoms with van der Waals surface area (Å²) >= 11 is 3.52. The van der Waals surface area contributed by atoms with Crippen LogP contribution in [0.15, 0.2) is 53.0 Å². The number of piperidine rings is 1. The van der Waals surface area contributed by atoms with Crippen molar-refractivity contribution >= 4 is 21.8 Å². The minimum Gasteiger partial charge on any atom is -0.337 e. The number of nitrogens with zero attached hydrogens (tertiary/aromatic N) is 2. The Kier molecular flexibility index (Phi) is 4.91. The first-order valence-corrected chi connectivity index (χ1v) is 9.86. The Balaban J connectivity index is 1.47. The third kappa shape index (κ3) is 3.51. The maximum atomic E-state index is 12.9. The summed E-state index contributed by atoms with van der Waals surface area (Å²) in [7, 11) is 0. The van der Waals surface area contributed by atoms with Crippen molar-refractivity contribution in [2.24, 2.45) is 0 Å². The van der Waals surface area contributed by atoms with Gasteiger partial charge in [0.05, 0.1) is 5.56 Å². The molecule has 3 nitrogen and oxygen atoms in total. The topological polar surface area (TPSA) is 23.6 Å². The Labute approximate surface area is 157 Å². The lowest BCUT2D eigenvalue weighted by Gasteiger charge is -2.41. The van der Waals surface area contributed by atoms with E-state index in [1.807, 2.05) is 29.2 Å². The molecule has 2 aliphatic rings. The lowest BCUT2D eigenvalue weighted by atomic mass is 9.96. The van der Waals surface area contributed by atoms with Gasteiger partial charge in [-0.25, -0.2) is 0 Å². The Morgan fingerprint density at radius 2 is 1.76 bits per heavy atom. The predicted molar refractivity (Wildman–Crippen MR) is 104 cm³/mol. The van der Waals surface area contributed by atoms with E-state index in [0.29, 0.717) is 6.04 Å². The highest BCUT2D eigenvalue weighted by atomic mass is 79.9. The van der Waals surface area contributed by atoms with Crippen LogP contribution in [-0.4, -0.2) is 41.4 Å². The van der Waals surface area contributed by atoms with Gasteiger partial charge < -0.3 is 4.90 Å². The number of halogens is 1. The molecule has 0 N–H and O–H groups in total. The molecule has 2 aromatic rings. The highest BCUT2D eigenvalue weighted by Gasteiger charge is 2.30. The Morgan fingerprint density at radius 1 is 1.00 bits per heavy atom. The van der Waals surface area contributed by atoms with E-state index in [-0.39, 0.29) is 5.91 Å². The van der Waals surface area contributed by atoms with E-state index in [1.165, 1.54) is 17.5 Å². The molecule has 1 saturated heterocycles. The largest absolute Gasteiger partial charge is 0.337 e. The maximum absolute atomic E-state index is 12.9. The van der Waals surface area contributed by atoms with E-state index in [0.717, 1.165) is 49.1 Å². The van der Waals surface area contributed by atoms with Crippen LogP contribution in [0.5, 0.6) is 0 Å². The molecule has 2 aromatic carbocycles. The molecular formula is C21H23BrN2O. The van der Waals surface area contributed by atoms with Crippen LogP contribution in [0, 0.1) is 0 Å². The zero-order valence-corrected chi connectivity index (χ0v) is 15.9. The molecule has 1 fully saturated rings. The molecule has 1 atom stereocenters. The minimum atomic E-state index is 0.148. The summed E-state index contributed by atoms with van der Waals surface area (Å²) < 4.78 is 0.883. The van der Waals surface area contributed by atoms with Crippen molar-refractivity contribution in [1.29, 1.82) is 0 Å². The summed E-state index contributed by atoms with van der Waals surface area (Å²) in [5.74, 6) is 0.148. The fourth-order valence-corrected chi connectivity index (χ4v) is 4.53. The van der Waals surface area contributed by atoms with Crippen LogP contribution in [0.3, 0.4) is 0 Å². The van der Waals surface area contributed by atoms with E-state index in [4.69, 9.17) is 0 Å². The van der Waals surface area contributed by atoms with Gasteiger partial charge in [0.1, 0.15) is 0 Å². The molecule has 130 valence electrons. The van der Waals surface area contributed by atoms with Crippen LogP contribution < -0.4 is 0 Å². The molecule has 2 heterocycles. The summed E-state index contributed by atoms with van der Waals surface area (Å²) in [6.45, 7) is 3.81. The second-order valence-electron chi connectivity index (χ2n) is 7.02. The van der Waals surface area contributed by atoms with Gasteiger partial charge in [0, 0.05) is 36.7 Å². The van der Waals surface area contributed by atoms with Crippen molar-refractivity contribution in [3.05, 3.63) is 69.7 Å². The number of benzene rings is 2. The SMILES string of the molecule is O=C(c1ccccc1Br)N1CCC[C@H](N2CCc3ccccc3C2)C1. The zero-order valence-electron chi connectivity index (χ0n) is 14.3. The minimum absolute atomic E-state index is 0.148. The first-order valence-electron chi connectivity index (χ1n) is 9.07. The van der Waals surface area contributed by atoms with Gasteiger partial charge in [-0.1, -0.05) is 36.4 Å². The zero-order chi connectivity index (χ0) is 17.2. The number of carbonyl (C=O) groups excluding carboxylic acids is 1. The van der Waals surface area contributed by atoms with Gasteiger partial charge in [-0.05, 0) is 58.5 Å². The van der Waals surface area contributed by atoms with Gasteiger partial charge in [-0.3, -0.25) is 9.69 Å². The van der Waals surface area contributed by atoms with Gasteiger partial charge in [-0.2, -0.15) is 0 Å². The Hall–Kier alpha value is -1.65. The van der Waals surface area contributed by atoms with E-state index in [9.17, 15) is 4.79 Å². The number of rotatable bonds is 2. The van der Waals surface area contributed by atoms with Crippen molar-refractivity contribution in [2.75, 3.05) is 19.6 Å². The second-order valence-corrected chi connectivity index (χ2v) is 7.87. The standard InChI is InChI=1S/C21H23BrN2O/c22-20-10-4-3-9-19(20)21(25)24-12-5-8-18(15-24)23-13-11-16-6-1-2-7-17(16)14-23/h1-4,6-7,9-10,18H,5,8,11-15H2/t18-/m0/s1. The third-order valence-corrected chi connectivity index (χ3v) is 6.16. The summed E-state index contributed by atoms with van der Waals surface area (Å²) in [6.07, 6.45) is 3.38. The van der Waals surface area contributed by atoms with Crippen molar-refractivity contribution in [3.8, 4) is 0 Å². The molecule has 1 amide bonds. The van der Waals surface area contributed by atoms with Crippen molar-refractivity contribution in [1.82, 2.24) is 9.80 Å². The number of carbonyl (C=O) groups is 1. The van der Waals surface area contributed by atoms with Crippen molar-refractivity contribution in [3.63, 3.8) is 0 Å². The van der Waals surface area contributed by atoms with Gasteiger partial charge in [0.25, 0.3) is 5.91 Å². The molecular weight excluding hydrogens is 376 g/mol. The molecule has 0 radical (unpaired) electrons. The molecule has 0 unspecified atom stereocenters. The van der Waals surface area contributed by atoms with Crippen LogP contribution in [0.1, 0.15) is 34.3 Å². The fourth-order valence-electron chi connectivity index (χ4n) is 4.07.